The van der Waals surface area contributed by atoms with Crippen LogP contribution in [0.5, 0.6) is 11.5 Å². The van der Waals surface area contributed by atoms with Crippen molar-refractivity contribution in [1.82, 2.24) is 24.8 Å². The Bertz CT molecular complexity index is 2880. The van der Waals surface area contributed by atoms with E-state index in [-0.39, 0.29) is 17.3 Å². The minimum absolute atomic E-state index is 0.0550. The SMILES string of the molecule is COc1cc2c(cc1Nc1ncnc3sc4c(c13)CCC(C(=O)N1CC3(COC3)C1)C4)C=NC2.COc1cc2c(cc1Nc1ncnc3sc4c(c13)CCC(C(=O)O)C4)C=NC2. The van der Waals surface area contributed by atoms with Crippen LogP contribution >= 0.6 is 22.7 Å². The lowest BCUT2D eigenvalue weighted by molar-refractivity contribution is -0.197. The monoisotopic (exact) mass is 869 g/mol. The second-order valence-electron chi connectivity index (χ2n) is 16.9. The maximum Gasteiger partial charge on any atom is 0.306 e. The molecule has 1 spiro atoms. The number of carboxylic acids is 1. The summed E-state index contributed by atoms with van der Waals surface area (Å²) in [6.45, 7) is 4.68. The minimum Gasteiger partial charge on any atom is -0.495 e. The first kappa shape index (κ1) is 38.9. The van der Waals surface area contributed by atoms with Crippen LogP contribution in [0, 0.1) is 17.3 Å². The zero-order valence-corrected chi connectivity index (χ0v) is 35.8. The highest BCUT2D eigenvalue weighted by Gasteiger charge is 2.51. The first-order valence-corrected chi connectivity index (χ1v) is 22.4. The highest BCUT2D eigenvalue weighted by molar-refractivity contribution is 7.19. The number of rotatable bonds is 8. The fraction of sp³-hybridized carbons (Fsp3) is 0.378. The van der Waals surface area contributed by atoms with E-state index in [4.69, 9.17) is 14.2 Å². The molecule has 316 valence electrons. The van der Waals surface area contributed by atoms with Gasteiger partial charge in [0.1, 0.15) is 45.5 Å². The topological polar surface area (TPSA) is 186 Å². The number of anilines is 4. The maximum atomic E-state index is 13.1. The molecular formula is C45H43N9O6S2. The standard InChI is InChI=1S/C25H25N5O3S.C20H18N4O3S/c1-32-19-5-16-8-26-7-15(16)4-18(19)29-22-21-17-3-2-14(6-20(17)34-23(21)28-13-27-22)24(31)30-9-25(10-30)11-33-12-25;1-27-15-5-12-8-21-7-11(12)4-14(15)24-18-17-13-3-2-10(20(25)26)6-16(13)28-19(17)23-9-22-18/h4-5,7,13-14H,2-3,6,8-12H2,1H3,(H,27,28,29);4-5,7,9-10H,2-3,6,8H2,1H3,(H,25,26)(H,22,23,24). The molecule has 0 bridgehead atoms. The van der Waals surface area contributed by atoms with E-state index in [0.717, 1.165) is 134 Å². The van der Waals surface area contributed by atoms with Crippen molar-refractivity contribution >= 4 is 90.4 Å². The summed E-state index contributed by atoms with van der Waals surface area (Å²) in [5, 5.41) is 18.3. The highest BCUT2D eigenvalue weighted by Crippen LogP contribution is 2.45. The Hall–Kier alpha value is -6.04. The van der Waals surface area contributed by atoms with Gasteiger partial charge in [0.15, 0.2) is 0 Å². The van der Waals surface area contributed by atoms with Gasteiger partial charge < -0.3 is 34.9 Å². The molecule has 12 rings (SSSR count). The van der Waals surface area contributed by atoms with Gasteiger partial charge in [-0.05, 0) is 96.2 Å². The Morgan fingerprint density at radius 3 is 1.76 bits per heavy atom. The molecule has 0 saturated carbocycles. The number of ether oxygens (including phenoxy) is 3. The molecule has 2 saturated heterocycles. The van der Waals surface area contributed by atoms with Gasteiger partial charge in [0, 0.05) is 41.2 Å². The summed E-state index contributed by atoms with van der Waals surface area (Å²) in [7, 11) is 3.33. The molecule has 15 nitrogen and oxygen atoms in total. The Balaban J connectivity index is 0.000000142. The number of nitrogens with one attached hydrogen (secondary N) is 2. The first-order valence-electron chi connectivity index (χ1n) is 20.8. The molecule has 6 aromatic rings. The normalized spacial score (nSPS) is 19.7. The number of aliphatic carboxylic acids is 1. The lowest BCUT2D eigenvalue weighted by Gasteiger charge is -2.55. The number of carboxylic acid groups (broad SMARTS) is 1. The van der Waals surface area contributed by atoms with Crippen LogP contribution in [0.2, 0.25) is 0 Å². The number of carbonyl (C=O) groups is 2. The van der Waals surface area contributed by atoms with Crippen molar-refractivity contribution in [3.8, 4) is 11.5 Å². The van der Waals surface area contributed by atoms with Crippen molar-refractivity contribution in [2.45, 2.75) is 51.6 Å². The first-order chi connectivity index (χ1) is 30.3. The number of aromatic nitrogens is 4. The number of carbonyl (C=O) groups excluding carboxylic acids is 1. The second-order valence-corrected chi connectivity index (χ2v) is 19.1. The molecule has 3 N–H and O–H groups in total. The quantitative estimate of drug-likeness (QED) is 0.144. The number of thiophene rings is 2. The van der Waals surface area contributed by atoms with Crippen molar-refractivity contribution in [3.63, 3.8) is 0 Å². The number of likely N-dealkylation sites (tertiary alicyclic amines) is 1. The van der Waals surface area contributed by atoms with Crippen LogP contribution in [-0.4, -0.2) is 94.8 Å². The molecule has 6 aliphatic rings. The molecule has 4 aromatic heterocycles. The summed E-state index contributed by atoms with van der Waals surface area (Å²) in [6.07, 6.45) is 11.4. The van der Waals surface area contributed by atoms with E-state index in [1.807, 2.05) is 35.5 Å². The Kier molecular flexibility index (Phi) is 9.65. The molecule has 2 atom stereocenters. The third-order valence-corrected chi connectivity index (χ3v) is 15.3. The van der Waals surface area contributed by atoms with E-state index < -0.39 is 5.97 Å². The molecule has 0 radical (unpaired) electrons. The summed E-state index contributed by atoms with van der Waals surface area (Å²) in [5.74, 6) is 2.34. The number of benzene rings is 2. The van der Waals surface area contributed by atoms with Gasteiger partial charge in [-0.25, -0.2) is 19.9 Å². The smallest absolute Gasteiger partial charge is 0.306 e. The Morgan fingerprint density at radius 1 is 0.758 bits per heavy atom. The third-order valence-electron chi connectivity index (χ3n) is 13.0. The van der Waals surface area contributed by atoms with Gasteiger partial charge in [0.2, 0.25) is 5.91 Å². The Morgan fingerprint density at radius 2 is 1.27 bits per heavy atom. The summed E-state index contributed by atoms with van der Waals surface area (Å²) < 4.78 is 16.6. The number of hydrogen-bond donors (Lipinski definition) is 3. The number of methoxy groups -OCH3 is 2. The fourth-order valence-corrected chi connectivity index (χ4v) is 12.2. The summed E-state index contributed by atoms with van der Waals surface area (Å²) in [5.41, 5.74) is 8.88. The van der Waals surface area contributed by atoms with Crippen molar-refractivity contribution in [2.75, 3.05) is 51.2 Å². The summed E-state index contributed by atoms with van der Waals surface area (Å²) >= 11 is 3.26. The van der Waals surface area contributed by atoms with E-state index in [1.165, 1.54) is 16.0 Å². The van der Waals surface area contributed by atoms with Crippen LogP contribution in [0.4, 0.5) is 23.0 Å². The van der Waals surface area contributed by atoms with Gasteiger partial charge in [0.25, 0.3) is 0 Å². The van der Waals surface area contributed by atoms with Gasteiger partial charge in [-0.1, -0.05) is 0 Å². The molecule has 1 amide bonds. The van der Waals surface area contributed by atoms with Crippen LogP contribution < -0.4 is 20.1 Å². The van der Waals surface area contributed by atoms with Gasteiger partial charge in [0.05, 0.1) is 74.0 Å². The second kappa shape index (κ2) is 15.4. The number of aryl methyl sites for hydroxylation is 2. The third kappa shape index (κ3) is 6.73. The van der Waals surface area contributed by atoms with E-state index in [1.54, 1.807) is 49.5 Å². The lowest BCUT2D eigenvalue weighted by atomic mass is 9.76. The van der Waals surface area contributed by atoms with Crippen LogP contribution in [-0.2, 0) is 53.1 Å². The average molecular weight is 870 g/mol. The van der Waals surface area contributed by atoms with Crippen LogP contribution in [0.15, 0.2) is 46.9 Å². The molecule has 2 aliphatic carbocycles. The molecule has 4 aliphatic heterocycles. The van der Waals surface area contributed by atoms with Crippen molar-refractivity contribution in [1.29, 1.82) is 0 Å². The highest BCUT2D eigenvalue weighted by atomic mass is 32.1. The molecule has 2 fully saturated rings. The summed E-state index contributed by atoms with van der Waals surface area (Å²) in [4.78, 5) is 57.5. The molecule has 62 heavy (non-hydrogen) atoms. The van der Waals surface area contributed by atoms with Gasteiger partial charge in [-0.15, -0.1) is 22.7 Å². The predicted octanol–water partition coefficient (Wildman–Crippen LogP) is 6.91. The van der Waals surface area contributed by atoms with E-state index >= 15 is 0 Å². The molecule has 2 aromatic carbocycles. The number of aliphatic imine (C=N–C) groups is 2. The lowest BCUT2D eigenvalue weighted by Crippen LogP contribution is -2.68. The van der Waals surface area contributed by atoms with Crippen molar-refractivity contribution < 1.29 is 28.9 Å². The average Bonchev–Trinajstić information content (AvgIpc) is 4.06. The molecule has 17 heteroatoms. The Labute approximate surface area is 364 Å². The van der Waals surface area contributed by atoms with Gasteiger partial charge in [-0.2, -0.15) is 0 Å². The molecule has 2 unspecified atom stereocenters. The minimum atomic E-state index is -0.725. The number of fused-ring (bicyclic) bond motifs is 8. The van der Waals surface area contributed by atoms with Crippen molar-refractivity contribution in [2.24, 2.45) is 27.2 Å². The number of nitrogens with zero attached hydrogens (tertiary/aromatic N) is 7. The van der Waals surface area contributed by atoms with E-state index in [0.29, 0.717) is 31.8 Å². The van der Waals surface area contributed by atoms with Gasteiger partial charge >= 0.3 is 5.97 Å². The van der Waals surface area contributed by atoms with E-state index in [2.05, 4.69) is 46.6 Å². The van der Waals surface area contributed by atoms with Crippen molar-refractivity contribution in [3.05, 3.63) is 80.1 Å². The molecular weight excluding hydrogens is 827 g/mol. The zero-order chi connectivity index (χ0) is 42.1. The van der Waals surface area contributed by atoms with Gasteiger partial charge in [-0.3, -0.25) is 19.6 Å². The largest absolute Gasteiger partial charge is 0.495 e. The van der Waals surface area contributed by atoms with E-state index in [9.17, 15) is 14.7 Å². The number of amides is 1. The predicted molar refractivity (Wildman–Crippen MR) is 238 cm³/mol. The van der Waals surface area contributed by atoms with Crippen LogP contribution in [0.25, 0.3) is 20.4 Å². The van der Waals surface area contributed by atoms with Crippen LogP contribution in [0.3, 0.4) is 0 Å². The molecule has 8 heterocycles. The fourth-order valence-electron chi connectivity index (χ4n) is 9.65. The summed E-state index contributed by atoms with van der Waals surface area (Å²) in [6, 6.07) is 8.14. The maximum absolute atomic E-state index is 13.1. The number of hydrogen-bond acceptors (Lipinski definition) is 15. The zero-order valence-electron chi connectivity index (χ0n) is 34.2. The van der Waals surface area contributed by atoms with Crippen LogP contribution in [0.1, 0.15) is 56.0 Å².